The number of hydrogen-bond donors (Lipinski definition) is 0. The van der Waals surface area contributed by atoms with Gasteiger partial charge in [-0.2, -0.15) is 0 Å². The van der Waals surface area contributed by atoms with Gasteiger partial charge in [-0.05, 0) is 0 Å². The van der Waals surface area contributed by atoms with E-state index in [0.29, 0.717) is 0 Å². The van der Waals surface area contributed by atoms with Gasteiger partial charge in [0.15, 0.2) is 0 Å². The maximum atomic E-state index is 5.00. The predicted octanol–water partition coefficient (Wildman–Crippen LogP) is 1.03. The standard InChI is InChI=1S/C12H22N.K/c1-3-7-11(8-4-1)13-12-9-5-2-6-10-12;/h11-12H,1-10H2;/q-1;+1. The fourth-order valence-corrected chi connectivity index (χ4v) is 2.76. The van der Waals surface area contributed by atoms with Crippen LogP contribution in [0.25, 0.3) is 5.32 Å². The molecular weight excluding hydrogens is 197 g/mol. The van der Waals surface area contributed by atoms with Crippen molar-refractivity contribution >= 4 is 0 Å². The second-order valence-electron chi connectivity index (χ2n) is 4.73. The van der Waals surface area contributed by atoms with Crippen LogP contribution in [0.4, 0.5) is 0 Å². The first-order valence-electron chi connectivity index (χ1n) is 6.15. The van der Waals surface area contributed by atoms with Gasteiger partial charge in [0.1, 0.15) is 0 Å². The molecule has 2 aliphatic rings. The Morgan fingerprint density at radius 2 is 0.929 bits per heavy atom. The molecule has 0 bridgehead atoms. The summed E-state index contributed by atoms with van der Waals surface area (Å²) in [6.45, 7) is 0. The zero-order valence-corrected chi connectivity index (χ0v) is 12.8. The minimum Gasteiger partial charge on any atom is -0.657 e. The van der Waals surface area contributed by atoms with Crippen LogP contribution in [-0.2, 0) is 0 Å². The summed E-state index contributed by atoms with van der Waals surface area (Å²) >= 11 is 0. The van der Waals surface area contributed by atoms with E-state index >= 15 is 0 Å². The van der Waals surface area contributed by atoms with Gasteiger partial charge in [-0.25, -0.2) is 0 Å². The summed E-state index contributed by atoms with van der Waals surface area (Å²) in [6.07, 6.45) is 14.2. The first kappa shape index (κ1) is 13.7. The third-order valence-corrected chi connectivity index (χ3v) is 3.57. The van der Waals surface area contributed by atoms with Gasteiger partial charge >= 0.3 is 51.4 Å². The van der Waals surface area contributed by atoms with E-state index in [-0.39, 0.29) is 51.4 Å². The van der Waals surface area contributed by atoms with Crippen LogP contribution >= 0.6 is 0 Å². The minimum atomic E-state index is 0. The quantitative estimate of drug-likeness (QED) is 0.616. The molecule has 0 aromatic rings. The number of hydrogen-bond acceptors (Lipinski definition) is 0. The number of rotatable bonds is 2. The number of nitrogens with zero attached hydrogens (tertiary/aromatic N) is 1. The third-order valence-electron chi connectivity index (χ3n) is 3.57. The van der Waals surface area contributed by atoms with E-state index in [1.54, 1.807) is 0 Å². The molecule has 2 aliphatic carbocycles. The summed E-state index contributed by atoms with van der Waals surface area (Å²) in [5, 5.41) is 5.00. The predicted molar refractivity (Wildman–Crippen MR) is 57.1 cm³/mol. The van der Waals surface area contributed by atoms with Crippen LogP contribution in [-0.4, -0.2) is 12.1 Å². The van der Waals surface area contributed by atoms with Gasteiger partial charge in [-0.15, -0.1) is 12.1 Å². The van der Waals surface area contributed by atoms with Gasteiger partial charge in [0.05, 0.1) is 0 Å². The van der Waals surface area contributed by atoms with Crippen molar-refractivity contribution in [2.24, 2.45) is 0 Å². The minimum absolute atomic E-state index is 0. The van der Waals surface area contributed by atoms with Crippen molar-refractivity contribution in [1.29, 1.82) is 0 Å². The molecule has 0 aromatic carbocycles. The average molecular weight is 219 g/mol. The summed E-state index contributed by atoms with van der Waals surface area (Å²) in [5.74, 6) is 0. The van der Waals surface area contributed by atoms with Crippen molar-refractivity contribution in [3.63, 3.8) is 0 Å². The maximum Gasteiger partial charge on any atom is 1.00 e. The normalized spacial score (nSPS) is 25.7. The molecule has 0 atom stereocenters. The molecule has 1 nitrogen and oxygen atoms in total. The van der Waals surface area contributed by atoms with Gasteiger partial charge in [-0.1, -0.05) is 64.2 Å². The van der Waals surface area contributed by atoms with E-state index in [0.717, 1.165) is 12.1 Å². The molecule has 0 spiro atoms. The van der Waals surface area contributed by atoms with Crippen molar-refractivity contribution in [3.05, 3.63) is 5.32 Å². The molecule has 0 radical (unpaired) electrons. The Hall–Kier alpha value is 1.60. The van der Waals surface area contributed by atoms with Crippen molar-refractivity contribution in [2.75, 3.05) is 0 Å². The Balaban J connectivity index is 0.000000980. The second kappa shape index (κ2) is 7.80. The Morgan fingerprint density at radius 1 is 0.571 bits per heavy atom. The van der Waals surface area contributed by atoms with Crippen molar-refractivity contribution < 1.29 is 51.4 Å². The Morgan fingerprint density at radius 3 is 1.29 bits per heavy atom. The molecule has 2 heteroatoms. The zero-order valence-electron chi connectivity index (χ0n) is 9.67. The molecule has 2 saturated carbocycles. The second-order valence-corrected chi connectivity index (χ2v) is 4.73. The van der Waals surface area contributed by atoms with Crippen LogP contribution < -0.4 is 51.4 Å². The van der Waals surface area contributed by atoms with Crippen molar-refractivity contribution in [2.45, 2.75) is 76.3 Å². The monoisotopic (exact) mass is 219 g/mol. The topological polar surface area (TPSA) is 14.1 Å². The molecule has 0 saturated heterocycles. The molecule has 2 fully saturated rings. The summed E-state index contributed by atoms with van der Waals surface area (Å²) in [6, 6.07) is 1.49. The van der Waals surface area contributed by atoms with Crippen LogP contribution in [0.5, 0.6) is 0 Å². The molecule has 76 valence electrons. The van der Waals surface area contributed by atoms with Crippen LogP contribution in [0.3, 0.4) is 0 Å². The van der Waals surface area contributed by atoms with Crippen LogP contribution in [0, 0.1) is 0 Å². The molecule has 14 heavy (non-hydrogen) atoms. The largest absolute Gasteiger partial charge is 1.00 e. The molecule has 0 heterocycles. The van der Waals surface area contributed by atoms with E-state index in [1.165, 1.54) is 64.2 Å². The van der Waals surface area contributed by atoms with E-state index in [1.807, 2.05) is 0 Å². The summed E-state index contributed by atoms with van der Waals surface area (Å²) < 4.78 is 0. The Labute approximate surface area is 131 Å². The van der Waals surface area contributed by atoms with Gasteiger partial charge in [0, 0.05) is 0 Å². The molecule has 0 amide bonds. The molecule has 0 aromatic heterocycles. The smallest absolute Gasteiger partial charge is 0.657 e. The van der Waals surface area contributed by atoms with Gasteiger partial charge in [-0.3, -0.25) is 0 Å². The van der Waals surface area contributed by atoms with E-state index < -0.39 is 0 Å². The third kappa shape index (κ3) is 4.63. The fraction of sp³-hybridized carbons (Fsp3) is 1.00. The first-order valence-corrected chi connectivity index (χ1v) is 6.15. The fourth-order valence-electron chi connectivity index (χ4n) is 2.76. The zero-order chi connectivity index (χ0) is 8.93. The Kier molecular flexibility index (Phi) is 7.61. The van der Waals surface area contributed by atoms with Crippen LogP contribution in [0.1, 0.15) is 64.2 Å². The average Bonchev–Trinajstić information content (AvgIpc) is 2.21. The SMILES string of the molecule is C1CCC([N-]C2CCCCC2)CC1.[K+]. The molecule has 2 rings (SSSR count). The summed E-state index contributed by atoms with van der Waals surface area (Å²) in [7, 11) is 0. The van der Waals surface area contributed by atoms with Gasteiger partial charge in [0.25, 0.3) is 0 Å². The van der Waals surface area contributed by atoms with E-state index in [4.69, 9.17) is 5.32 Å². The molecule has 0 unspecified atom stereocenters. The van der Waals surface area contributed by atoms with Crippen LogP contribution in [0.2, 0.25) is 0 Å². The van der Waals surface area contributed by atoms with Gasteiger partial charge in [0.2, 0.25) is 0 Å². The van der Waals surface area contributed by atoms with Crippen molar-refractivity contribution in [3.8, 4) is 0 Å². The van der Waals surface area contributed by atoms with Gasteiger partial charge < -0.3 is 5.32 Å². The Bertz CT molecular complexity index is 121. The van der Waals surface area contributed by atoms with Crippen LogP contribution in [0.15, 0.2) is 0 Å². The van der Waals surface area contributed by atoms with E-state index in [9.17, 15) is 0 Å². The molecule has 0 aliphatic heterocycles. The molecule has 0 N–H and O–H groups in total. The maximum absolute atomic E-state index is 5.00. The molecular formula is C12H22KN. The first-order chi connectivity index (χ1) is 6.45. The van der Waals surface area contributed by atoms with Crippen molar-refractivity contribution in [1.82, 2.24) is 0 Å². The summed E-state index contributed by atoms with van der Waals surface area (Å²) in [5.41, 5.74) is 0. The van der Waals surface area contributed by atoms with E-state index in [2.05, 4.69) is 0 Å². The summed E-state index contributed by atoms with van der Waals surface area (Å²) in [4.78, 5) is 0.